The average molecular weight is 434 g/mol. The Morgan fingerprint density at radius 1 is 1.10 bits per heavy atom. The normalized spacial score (nSPS) is 11.0. The lowest BCUT2D eigenvalue weighted by molar-refractivity contribution is 0.0527. The van der Waals surface area contributed by atoms with Crippen molar-refractivity contribution in [2.24, 2.45) is 0 Å². The first-order chi connectivity index (χ1) is 14.6. The number of pyridine rings is 1. The van der Waals surface area contributed by atoms with Crippen LogP contribution in [0.1, 0.15) is 50.4 Å². The third kappa shape index (κ3) is 8.81. The van der Waals surface area contributed by atoms with Gasteiger partial charge in [-0.2, -0.15) is 9.49 Å². The summed E-state index contributed by atoms with van der Waals surface area (Å²) in [4.78, 5) is 38.8. The van der Waals surface area contributed by atoms with E-state index < -0.39 is 29.1 Å². The molecular formula is C20H27FN6O4. The van der Waals surface area contributed by atoms with Crippen molar-refractivity contribution in [3.8, 4) is 0 Å². The summed E-state index contributed by atoms with van der Waals surface area (Å²) in [6, 6.07) is 4.98. The molecule has 0 unspecified atom stereocenters. The zero-order chi connectivity index (χ0) is 22.9. The maximum Gasteiger partial charge on any atom is 0.407 e. The highest BCUT2D eigenvalue weighted by Gasteiger charge is 2.16. The first-order valence-electron chi connectivity index (χ1n) is 9.88. The van der Waals surface area contributed by atoms with E-state index >= 15 is 0 Å². The Hall–Kier alpha value is -3.50. The van der Waals surface area contributed by atoms with Gasteiger partial charge in [0.05, 0.1) is 5.56 Å². The number of nitrogens with zero attached hydrogens (tertiary/aromatic N) is 2. The maximum absolute atomic E-state index is 13.6. The quantitative estimate of drug-likeness (QED) is 0.352. The summed E-state index contributed by atoms with van der Waals surface area (Å²) in [6.07, 6.45) is 1.79. The maximum atomic E-state index is 13.6. The van der Waals surface area contributed by atoms with Crippen LogP contribution in [0.4, 0.5) is 20.8 Å². The number of carbonyl (C=O) groups excluding carboxylic acids is 2. The molecule has 0 aliphatic rings. The number of rotatable bonds is 9. The molecule has 0 saturated heterocycles. The zero-order valence-electron chi connectivity index (χ0n) is 17.8. The number of aromatic amines is 1. The first-order valence-corrected chi connectivity index (χ1v) is 9.88. The van der Waals surface area contributed by atoms with Crippen molar-refractivity contribution in [2.45, 2.75) is 45.6 Å². The van der Waals surface area contributed by atoms with Crippen molar-refractivity contribution in [3.63, 3.8) is 0 Å². The van der Waals surface area contributed by atoms with Crippen LogP contribution in [0.5, 0.6) is 0 Å². The summed E-state index contributed by atoms with van der Waals surface area (Å²) in [5.74, 6) is -1.01. The van der Waals surface area contributed by atoms with Gasteiger partial charge in [0.25, 0.3) is 11.5 Å². The molecule has 11 heteroatoms. The molecular weight excluding hydrogens is 407 g/mol. The molecule has 2 heterocycles. The van der Waals surface area contributed by atoms with Crippen LogP contribution in [0.2, 0.25) is 0 Å². The number of carbonyl (C=O) groups is 2. The van der Waals surface area contributed by atoms with E-state index in [1.54, 1.807) is 20.8 Å². The molecule has 0 aliphatic carbocycles. The largest absolute Gasteiger partial charge is 0.444 e. The second kappa shape index (κ2) is 11.0. The fourth-order valence-electron chi connectivity index (χ4n) is 2.49. The molecule has 168 valence electrons. The minimum absolute atomic E-state index is 0.105. The highest BCUT2D eigenvalue weighted by atomic mass is 19.1. The van der Waals surface area contributed by atoms with Gasteiger partial charge in [0.2, 0.25) is 5.95 Å². The van der Waals surface area contributed by atoms with Crippen molar-refractivity contribution in [3.05, 3.63) is 46.1 Å². The van der Waals surface area contributed by atoms with Crippen LogP contribution in [0.3, 0.4) is 0 Å². The third-order valence-corrected chi connectivity index (χ3v) is 3.84. The Morgan fingerprint density at radius 2 is 1.84 bits per heavy atom. The van der Waals surface area contributed by atoms with Gasteiger partial charge in [0.15, 0.2) is 5.82 Å². The fourth-order valence-corrected chi connectivity index (χ4v) is 2.49. The second-order valence-corrected chi connectivity index (χ2v) is 7.71. The number of unbranched alkanes of at least 4 members (excludes halogenated alkanes) is 2. The number of alkyl carbamates (subject to hydrolysis) is 1. The van der Waals surface area contributed by atoms with Crippen molar-refractivity contribution < 1.29 is 18.7 Å². The summed E-state index contributed by atoms with van der Waals surface area (Å²) in [7, 11) is 0. The molecule has 2 aromatic rings. The number of hydrogen-bond donors (Lipinski definition) is 4. The van der Waals surface area contributed by atoms with Gasteiger partial charge in [-0.05, 0) is 58.2 Å². The summed E-state index contributed by atoms with van der Waals surface area (Å²) in [5, 5.41) is 14.1. The van der Waals surface area contributed by atoms with E-state index in [9.17, 15) is 18.8 Å². The molecule has 0 atom stereocenters. The van der Waals surface area contributed by atoms with Crippen LogP contribution in [0, 0.1) is 5.95 Å². The topological polar surface area (TPSA) is 138 Å². The molecule has 2 rings (SSSR count). The average Bonchev–Trinajstić information content (AvgIpc) is 2.67. The van der Waals surface area contributed by atoms with Crippen molar-refractivity contribution in [1.29, 1.82) is 0 Å². The smallest absolute Gasteiger partial charge is 0.407 e. The number of hydrogen-bond acceptors (Lipinski definition) is 7. The number of ether oxygens (including phenoxy) is 1. The number of amides is 2. The predicted octanol–water partition coefficient (Wildman–Crippen LogP) is 2.66. The van der Waals surface area contributed by atoms with Gasteiger partial charge in [-0.15, -0.1) is 0 Å². The highest BCUT2D eigenvalue weighted by molar-refractivity contribution is 6.06. The van der Waals surface area contributed by atoms with Crippen molar-refractivity contribution in [2.75, 3.05) is 23.7 Å². The van der Waals surface area contributed by atoms with Gasteiger partial charge < -0.3 is 20.7 Å². The summed E-state index contributed by atoms with van der Waals surface area (Å²) >= 11 is 0. The standard InChI is InChI=1S/C20H27FN6O4/c1-20(2,3)31-19(30)23-12-6-4-5-11-22-17-13(7-8-14(21)24-17)18(29)25-15-9-10-16(28)27-26-15/h7-10H,4-6,11-12H2,1-3H3,(H,22,24)(H,23,30)(H,27,28)(H,25,26,29). The van der Waals surface area contributed by atoms with E-state index in [4.69, 9.17) is 4.74 Å². The molecule has 0 fully saturated rings. The Kier molecular flexibility index (Phi) is 8.47. The van der Waals surface area contributed by atoms with E-state index in [1.165, 1.54) is 18.2 Å². The van der Waals surface area contributed by atoms with Crippen LogP contribution in [0.25, 0.3) is 0 Å². The van der Waals surface area contributed by atoms with Gasteiger partial charge in [-0.1, -0.05) is 0 Å². The molecule has 0 spiro atoms. The fraction of sp³-hybridized carbons (Fsp3) is 0.450. The molecule has 0 bridgehead atoms. The van der Waals surface area contributed by atoms with E-state index in [0.717, 1.165) is 25.3 Å². The van der Waals surface area contributed by atoms with Gasteiger partial charge in [0, 0.05) is 19.2 Å². The molecule has 0 saturated carbocycles. The van der Waals surface area contributed by atoms with Crippen molar-refractivity contribution in [1.82, 2.24) is 20.5 Å². The molecule has 0 aromatic carbocycles. The summed E-state index contributed by atoms with van der Waals surface area (Å²) in [5.41, 5.74) is -0.796. The molecule has 2 amide bonds. The van der Waals surface area contributed by atoms with Gasteiger partial charge >= 0.3 is 6.09 Å². The van der Waals surface area contributed by atoms with Crippen LogP contribution in [-0.4, -0.2) is 45.9 Å². The van der Waals surface area contributed by atoms with Crippen LogP contribution in [-0.2, 0) is 4.74 Å². The molecule has 0 radical (unpaired) electrons. The van der Waals surface area contributed by atoms with Crippen molar-refractivity contribution >= 4 is 23.6 Å². The lowest BCUT2D eigenvalue weighted by Crippen LogP contribution is -2.33. The number of nitrogens with one attached hydrogen (secondary N) is 4. The van der Waals surface area contributed by atoms with Gasteiger partial charge in [0.1, 0.15) is 11.4 Å². The Labute approximate surface area is 179 Å². The SMILES string of the molecule is CC(C)(C)OC(=O)NCCCCCNc1nc(F)ccc1C(=O)Nc1ccc(=O)[nH]n1. The van der Waals surface area contributed by atoms with E-state index in [2.05, 4.69) is 31.1 Å². The monoisotopic (exact) mass is 434 g/mol. The minimum atomic E-state index is -0.720. The second-order valence-electron chi connectivity index (χ2n) is 7.71. The number of anilines is 2. The molecule has 2 aromatic heterocycles. The summed E-state index contributed by atoms with van der Waals surface area (Å²) in [6.45, 7) is 6.33. The number of halogens is 1. The highest BCUT2D eigenvalue weighted by Crippen LogP contribution is 2.15. The number of aromatic nitrogens is 3. The van der Waals surface area contributed by atoms with Gasteiger partial charge in [-0.3, -0.25) is 9.59 Å². The van der Waals surface area contributed by atoms with Crippen LogP contribution in [0.15, 0.2) is 29.1 Å². The molecule has 0 aliphatic heterocycles. The number of H-pyrrole nitrogens is 1. The van der Waals surface area contributed by atoms with Crippen LogP contribution >= 0.6 is 0 Å². The van der Waals surface area contributed by atoms with E-state index in [-0.39, 0.29) is 17.2 Å². The predicted molar refractivity (Wildman–Crippen MR) is 114 cm³/mol. The molecule has 10 nitrogen and oxygen atoms in total. The molecule has 4 N–H and O–H groups in total. The summed E-state index contributed by atoms with van der Waals surface area (Å²) < 4.78 is 18.7. The van der Waals surface area contributed by atoms with E-state index in [0.29, 0.717) is 13.1 Å². The van der Waals surface area contributed by atoms with Gasteiger partial charge in [-0.25, -0.2) is 14.9 Å². The third-order valence-electron chi connectivity index (χ3n) is 3.84. The lowest BCUT2D eigenvalue weighted by atomic mass is 10.2. The Balaban J connectivity index is 1.79. The Bertz CT molecular complexity index is 937. The first kappa shape index (κ1) is 23.8. The molecule has 31 heavy (non-hydrogen) atoms. The minimum Gasteiger partial charge on any atom is -0.444 e. The lowest BCUT2D eigenvalue weighted by Gasteiger charge is -2.19. The zero-order valence-corrected chi connectivity index (χ0v) is 17.8. The van der Waals surface area contributed by atoms with Crippen LogP contribution < -0.4 is 21.5 Å². The Morgan fingerprint density at radius 3 is 2.52 bits per heavy atom. The van der Waals surface area contributed by atoms with E-state index in [1.807, 2.05) is 0 Å².